The van der Waals surface area contributed by atoms with Gasteiger partial charge in [0, 0.05) is 20.3 Å². The zero-order valence-electron chi connectivity index (χ0n) is 10.8. The van der Waals surface area contributed by atoms with E-state index in [9.17, 15) is 0 Å². The van der Waals surface area contributed by atoms with E-state index >= 15 is 0 Å². The maximum absolute atomic E-state index is 8.92. The van der Waals surface area contributed by atoms with Gasteiger partial charge < -0.3 is 14.8 Å². The zero-order chi connectivity index (χ0) is 13.1. The van der Waals surface area contributed by atoms with Gasteiger partial charge >= 0.3 is 0 Å². The zero-order valence-corrected chi connectivity index (χ0v) is 10.8. The Labute approximate surface area is 109 Å². The lowest BCUT2D eigenvalue weighted by Gasteiger charge is -2.08. The highest BCUT2D eigenvalue weighted by Gasteiger charge is 1.98. The average molecular weight is 248 g/mol. The molecule has 4 nitrogen and oxygen atoms in total. The molecule has 0 fully saturated rings. The van der Waals surface area contributed by atoms with Gasteiger partial charge in [-0.15, -0.1) is 0 Å². The monoisotopic (exact) mass is 248 g/mol. The largest absolute Gasteiger partial charge is 0.384 e. The van der Waals surface area contributed by atoms with Crippen molar-refractivity contribution >= 4 is 5.69 Å². The summed E-state index contributed by atoms with van der Waals surface area (Å²) in [6.45, 7) is 2.91. The lowest BCUT2D eigenvalue weighted by Crippen LogP contribution is -2.06. The number of nitrogens with one attached hydrogen (secondary N) is 1. The highest BCUT2D eigenvalue weighted by molar-refractivity contribution is 5.56. The van der Waals surface area contributed by atoms with Crippen molar-refractivity contribution in [2.45, 2.75) is 12.8 Å². The van der Waals surface area contributed by atoms with E-state index in [1.165, 1.54) is 0 Å². The number of nitrogens with zero attached hydrogens (tertiary/aromatic N) is 1. The fraction of sp³-hybridized carbons (Fsp3) is 0.500. The predicted molar refractivity (Wildman–Crippen MR) is 71.6 cm³/mol. The van der Waals surface area contributed by atoms with Gasteiger partial charge in [0.05, 0.1) is 24.5 Å². The quantitative estimate of drug-likeness (QED) is 0.682. The van der Waals surface area contributed by atoms with Crippen LogP contribution in [-0.2, 0) is 9.47 Å². The highest BCUT2D eigenvalue weighted by atomic mass is 16.5. The molecule has 1 aromatic rings. The third-order valence-corrected chi connectivity index (χ3v) is 2.51. The summed E-state index contributed by atoms with van der Waals surface area (Å²) in [6.07, 6.45) is 2.03. The molecule has 0 amide bonds. The first-order valence-corrected chi connectivity index (χ1v) is 6.18. The second kappa shape index (κ2) is 9.46. The molecule has 0 spiro atoms. The number of methoxy groups -OCH3 is 1. The molecule has 0 saturated heterocycles. The summed E-state index contributed by atoms with van der Waals surface area (Å²) in [6, 6.07) is 9.71. The number of ether oxygens (including phenoxy) is 2. The first-order chi connectivity index (χ1) is 8.88. The SMILES string of the molecule is COCCOCCCCNc1ccccc1C#N. The summed E-state index contributed by atoms with van der Waals surface area (Å²) >= 11 is 0. The molecule has 0 aromatic heterocycles. The Bertz CT molecular complexity index is 374. The Morgan fingerprint density at radius 3 is 2.78 bits per heavy atom. The van der Waals surface area contributed by atoms with E-state index < -0.39 is 0 Å². The Morgan fingerprint density at radius 2 is 2.00 bits per heavy atom. The Kier molecular flexibility index (Phi) is 7.61. The van der Waals surface area contributed by atoms with Crippen LogP contribution < -0.4 is 5.32 Å². The van der Waals surface area contributed by atoms with E-state index in [2.05, 4.69) is 11.4 Å². The number of para-hydroxylation sites is 1. The van der Waals surface area contributed by atoms with E-state index in [0.29, 0.717) is 18.8 Å². The van der Waals surface area contributed by atoms with Gasteiger partial charge in [-0.1, -0.05) is 12.1 Å². The fourth-order valence-corrected chi connectivity index (χ4v) is 1.53. The summed E-state index contributed by atoms with van der Waals surface area (Å²) < 4.78 is 10.3. The molecule has 18 heavy (non-hydrogen) atoms. The lowest BCUT2D eigenvalue weighted by atomic mass is 10.2. The molecular weight excluding hydrogens is 228 g/mol. The summed E-state index contributed by atoms with van der Waals surface area (Å²) in [5.74, 6) is 0. The second-order valence-electron chi connectivity index (χ2n) is 3.90. The molecule has 1 aromatic carbocycles. The number of hydrogen-bond donors (Lipinski definition) is 1. The first kappa shape index (κ1) is 14.5. The first-order valence-electron chi connectivity index (χ1n) is 6.18. The van der Waals surface area contributed by atoms with Gasteiger partial charge in [0.1, 0.15) is 6.07 Å². The van der Waals surface area contributed by atoms with Crippen molar-refractivity contribution in [2.24, 2.45) is 0 Å². The summed E-state index contributed by atoms with van der Waals surface area (Å²) in [4.78, 5) is 0. The smallest absolute Gasteiger partial charge is 0.101 e. The van der Waals surface area contributed by atoms with Gasteiger partial charge in [0.2, 0.25) is 0 Å². The van der Waals surface area contributed by atoms with E-state index in [1.807, 2.05) is 24.3 Å². The molecule has 0 saturated carbocycles. The van der Waals surface area contributed by atoms with Gasteiger partial charge in [-0.05, 0) is 25.0 Å². The Balaban J connectivity index is 2.09. The molecule has 0 radical (unpaired) electrons. The third kappa shape index (κ3) is 5.67. The van der Waals surface area contributed by atoms with Crippen LogP contribution in [0.5, 0.6) is 0 Å². The molecule has 0 aliphatic rings. The number of nitriles is 1. The number of hydrogen-bond acceptors (Lipinski definition) is 4. The van der Waals surface area contributed by atoms with Crippen LogP contribution in [-0.4, -0.2) is 33.5 Å². The van der Waals surface area contributed by atoms with Crippen LogP contribution >= 0.6 is 0 Å². The maximum atomic E-state index is 8.92. The van der Waals surface area contributed by atoms with Crippen molar-refractivity contribution in [3.63, 3.8) is 0 Å². The fourth-order valence-electron chi connectivity index (χ4n) is 1.53. The summed E-state index contributed by atoms with van der Waals surface area (Å²) in [5.41, 5.74) is 1.59. The predicted octanol–water partition coefficient (Wildman–Crippen LogP) is 2.41. The third-order valence-electron chi connectivity index (χ3n) is 2.51. The molecule has 0 heterocycles. The van der Waals surface area contributed by atoms with Crippen LogP contribution in [0.1, 0.15) is 18.4 Å². The van der Waals surface area contributed by atoms with Crippen molar-refractivity contribution in [2.75, 3.05) is 38.8 Å². The van der Waals surface area contributed by atoms with Crippen molar-refractivity contribution in [1.29, 1.82) is 5.26 Å². The molecule has 98 valence electrons. The van der Waals surface area contributed by atoms with Gasteiger partial charge in [0.25, 0.3) is 0 Å². The molecule has 0 bridgehead atoms. The van der Waals surface area contributed by atoms with Crippen LogP contribution in [0, 0.1) is 11.3 Å². The lowest BCUT2D eigenvalue weighted by molar-refractivity contribution is 0.0691. The Hall–Kier alpha value is -1.57. The molecule has 0 unspecified atom stereocenters. The van der Waals surface area contributed by atoms with Crippen LogP contribution in [0.15, 0.2) is 24.3 Å². The normalized spacial score (nSPS) is 10.0. The standard InChI is InChI=1S/C14H20N2O2/c1-17-10-11-18-9-5-4-8-16-14-7-3-2-6-13(14)12-15/h2-3,6-7,16H,4-5,8-11H2,1H3. The Morgan fingerprint density at radius 1 is 1.17 bits per heavy atom. The molecule has 0 aliphatic heterocycles. The van der Waals surface area contributed by atoms with Gasteiger partial charge in [-0.25, -0.2) is 0 Å². The van der Waals surface area contributed by atoms with E-state index in [1.54, 1.807) is 7.11 Å². The average Bonchev–Trinajstić information content (AvgIpc) is 2.42. The van der Waals surface area contributed by atoms with Gasteiger partial charge in [-0.3, -0.25) is 0 Å². The van der Waals surface area contributed by atoms with E-state index in [-0.39, 0.29) is 0 Å². The molecule has 1 rings (SSSR count). The van der Waals surface area contributed by atoms with Gasteiger partial charge in [-0.2, -0.15) is 5.26 Å². The minimum Gasteiger partial charge on any atom is -0.384 e. The summed E-state index contributed by atoms with van der Waals surface area (Å²) in [7, 11) is 1.67. The van der Waals surface area contributed by atoms with Crippen molar-refractivity contribution in [3.8, 4) is 6.07 Å². The highest BCUT2D eigenvalue weighted by Crippen LogP contribution is 2.13. The maximum Gasteiger partial charge on any atom is 0.101 e. The van der Waals surface area contributed by atoms with Crippen molar-refractivity contribution in [1.82, 2.24) is 0 Å². The number of unbranched alkanes of at least 4 members (excludes halogenated alkanes) is 1. The minimum absolute atomic E-state index is 0.647. The van der Waals surface area contributed by atoms with E-state index in [4.69, 9.17) is 14.7 Å². The van der Waals surface area contributed by atoms with Gasteiger partial charge in [0.15, 0.2) is 0 Å². The molecule has 0 atom stereocenters. The second-order valence-corrected chi connectivity index (χ2v) is 3.90. The minimum atomic E-state index is 0.647. The number of anilines is 1. The summed E-state index contributed by atoms with van der Waals surface area (Å²) in [5, 5.41) is 12.2. The van der Waals surface area contributed by atoms with Crippen LogP contribution in [0.4, 0.5) is 5.69 Å². The molecule has 0 aliphatic carbocycles. The topological polar surface area (TPSA) is 54.3 Å². The molecular formula is C14H20N2O2. The van der Waals surface area contributed by atoms with Crippen LogP contribution in [0.2, 0.25) is 0 Å². The molecule has 1 N–H and O–H groups in total. The number of benzene rings is 1. The van der Waals surface area contributed by atoms with Crippen LogP contribution in [0.25, 0.3) is 0 Å². The van der Waals surface area contributed by atoms with E-state index in [0.717, 1.165) is 31.7 Å². The van der Waals surface area contributed by atoms with Crippen LogP contribution in [0.3, 0.4) is 0 Å². The molecule has 4 heteroatoms. The van der Waals surface area contributed by atoms with Crippen molar-refractivity contribution in [3.05, 3.63) is 29.8 Å². The van der Waals surface area contributed by atoms with Crippen molar-refractivity contribution < 1.29 is 9.47 Å². The number of rotatable bonds is 9.